The molecule has 0 aromatic carbocycles. The van der Waals surface area contributed by atoms with E-state index in [1.54, 1.807) is 7.11 Å². The summed E-state index contributed by atoms with van der Waals surface area (Å²) in [7, 11) is 1.69. The maximum atomic E-state index is 12.8. The van der Waals surface area contributed by atoms with Gasteiger partial charge in [-0.05, 0) is 44.2 Å². The summed E-state index contributed by atoms with van der Waals surface area (Å²) in [6.45, 7) is 5.72. The molecule has 1 unspecified atom stereocenters. The molecule has 1 spiro atoms. The monoisotopic (exact) mass is 347 g/mol. The van der Waals surface area contributed by atoms with Crippen LogP contribution in [-0.2, 0) is 9.53 Å². The molecule has 138 valence electrons. The number of aromatic amines is 1. The molecule has 0 radical (unpaired) electrons. The molecule has 1 atom stereocenters. The van der Waals surface area contributed by atoms with Crippen LogP contribution < -0.4 is 0 Å². The number of carbonyl (C=O) groups excluding carboxylic acids is 2. The molecule has 2 amide bonds. The summed E-state index contributed by atoms with van der Waals surface area (Å²) >= 11 is 0. The van der Waals surface area contributed by atoms with Crippen LogP contribution in [0.2, 0.25) is 0 Å². The molecular formula is C19H29N3O3. The third-order valence-electron chi connectivity index (χ3n) is 5.53. The van der Waals surface area contributed by atoms with Gasteiger partial charge in [0.15, 0.2) is 0 Å². The van der Waals surface area contributed by atoms with Gasteiger partial charge in [-0.1, -0.05) is 0 Å². The summed E-state index contributed by atoms with van der Waals surface area (Å²) in [5, 5.41) is 0. The smallest absolute Gasteiger partial charge is 0.270 e. The molecule has 2 aliphatic rings. The Labute approximate surface area is 149 Å². The number of hydrogen-bond donors (Lipinski definition) is 1. The Morgan fingerprint density at radius 2 is 2.20 bits per heavy atom. The SMILES string of the molecule is COCCCN1CC2(CCCN(C(=O)c3cc(C)c[nH]3)C2)CCC1=O. The molecule has 0 aliphatic carbocycles. The topological polar surface area (TPSA) is 65.6 Å². The van der Waals surface area contributed by atoms with E-state index in [9.17, 15) is 9.59 Å². The van der Waals surface area contributed by atoms with Crippen molar-refractivity contribution in [2.24, 2.45) is 5.41 Å². The highest BCUT2D eigenvalue weighted by molar-refractivity contribution is 5.92. The number of aromatic nitrogens is 1. The predicted octanol–water partition coefficient (Wildman–Crippen LogP) is 2.20. The number of nitrogens with one attached hydrogen (secondary N) is 1. The van der Waals surface area contributed by atoms with E-state index in [4.69, 9.17) is 4.74 Å². The number of carbonyl (C=O) groups is 2. The summed E-state index contributed by atoms with van der Waals surface area (Å²) < 4.78 is 5.11. The van der Waals surface area contributed by atoms with Gasteiger partial charge in [0.1, 0.15) is 5.69 Å². The molecule has 0 saturated carbocycles. The van der Waals surface area contributed by atoms with Crippen LogP contribution in [0.3, 0.4) is 0 Å². The Morgan fingerprint density at radius 1 is 1.36 bits per heavy atom. The van der Waals surface area contributed by atoms with Crippen molar-refractivity contribution in [1.82, 2.24) is 14.8 Å². The minimum atomic E-state index is 0.0521. The summed E-state index contributed by atoms with van der Waals surface area (Å²) in [6, 6.07) is 1.91. The average Bonchev–Trinajstić information content (AvgIpc) is 3.04. The molecule has 3 heterocycles. The predicted molar refractivity (Wildman–Crippen MR) is 95.4 cm³/mol. The van der Waals surface area contributed by atoms with Crippen molar-refractivity contribution in [2.45, 2.75) is 39.0 Å². The zero-order chi connectivity index (χ0) is 17.9. The van der Waals surface area contributed by atoms with Gasteiger partial charge in [0.25, 0.3) is 5.91 Å². The quantitative estimate of drug-likeness (QED) is 0.831. The van der Waals surface area contributed by atoms with Crippen molar-refractivity contribution in [3.8, 4) is 0 Å². The number of H-pyrrole nitrogens is 1. The lowest BCUT2D eigenvalue weighted by atomic mass is 9.73. The van der Waals surface area contributed by atoms with E-state index in [0.717, 1.165) is 57.4 Å². The molecule has 2 aliphatic heterocycles. The Morgan fingerprint density at radius 3 is 2.92 bits per heavy atom. The van der Waals surface area contributed by atoms with E-state index in [0.29, 0.717) is 18.7 Å². The molecule has 2 saturated heterocycles. The lowest BCUT2D eigenvalue weighted by Gasteiger charge is -2.48. The summed E-state index contributed by atoms with van der Waals surface area (Å²) in [6.07, 6.45) is 6.31. The van der Waals surface area contributed by atoms with E-state index in [-0.39, 0.29) is 17.2 Å². The second-order valence-corrected chi connectivity index (χ2v) is 7.58. The number of nitrogens with zero attached hydrogens (tertiary/aromatic N) is 2. The van der Waals surface area contributed by atoms with Gasteiger partial charge in [-0.15, -0.1) is 0 Å². The first-order chi connectivity index (χ1) is 12.0. The summed E-state index contributed by atoms with van der Waals surface area (Å²) in [5.74, 6) is 0.320. The van der Waals surface area contributed by atoms with Crippen LogP contribution in [0.25, 0.3) is 0 Å². The molecule has 3 rings (SSSR count). The van der Waals surface area contributed by atoms with E-state index in [2.05, 4.69) is 4.98 Å². The van der Waals surface area contributed by atoms with Gasteiger partial charge in [-0.2, -0.15) is 0 Å². The van der Waals surface area contributed by atoms with Crippen LogP contribution >= 0.6 is 0 Å². The Kier molecular flexibility index (Phi) is 5.47. The first-order valence-corrected chi connectivity index (χ1v) is 9.24. The molecule has 6 heteroatoms. The van der Waals surface area contributed by atoms with Gasteiger partial charge in [-0.25, -0.2) is 0 Å². The average molecular weight is 347 g/mol. The van der Waals surface area contributed by atoms with Crippen LogP contribution in [-0.4, -0.2) is 66.5 Å². The second kappa shape index (κ2) is 7.60. The Bertz CT molecular complexity index is 627. The highest BCUT2D eigenvalue weighted by Crippen LogP contribution is 2.39. The van der Waals surface area contributed by atoms with Crippen molar-refractivity contribution >= 4 is 11.8 Å². The molecular weight excluding hydrogens is 318 g/mol. The summed E-state index contributed by atoms with van der Waals surface area (Å²) in [4.78, 5) is 32.1. The number of hydrogen-bond acceptors (Lipinski definition) is 3. The van der Waals surface area contributed by atoms with Crippen LogP contribution in [0.1, 0.15) is 48.2 Å². The first-order valence-electron chi connectivity index (χ1n) is 9.24. The fourth-order valence-corrected chi connectivity index (χ4v) is 4.22. The zero-order valence-electron chi connectivity index (χ0n) is 15.3. The van der Waals surface area contributed by atoms with E-state index < -0.39 is 0 Å². The van der Waals surface area contributed by atoms with E-state index in [1.165, 1.54) is 0 Å². The van der Waals surface area contributed by atoms with Crippen LogP contribution in [0.15, 0.2) is 12.3 Å². The minimum Gasteiger partial charge on any atom is -0.385 e. The molecule has 6 nitrogen and oxygen atoms in total. The Hall–Kier alpha value is -1.82. The van der Waals surface area contributed by atoms with Crippen molar-refractivity contribution in [3.05, 3.63) is 23.5 Å². The standard InChI is InChI=1S/C19H29N3O3/c1-15-11-16(20-12-15)18(24)22-8-3-6-19(14-22)7-5-17(23)21(13-19)9-4-10-25-2/h11-12,20H,3-10,13-14H2,1-2H3. The highest BCUT2D eigenvalue weighted by atomic mass is 16.5. The molecule has 2 fully saturated rings. The number of methoxy groups -OCH3 is 1. The maximum absolute atomic E-state index is 12.8. The largest absolute Gasteiger partial charge is 0.385 e. The zero-order valence-corrected chi connectivity index (χ0v) is 15.3. The minimum absolute atomic E-state index is 0.0521. The van der Waals surface area contributed by atoms with Crippen molar-refractivity contribution in [3.63, 3.8) is 0 Å². The third kappa shape index (κ3) is 4.06. The first kappa shape index (κ1) is 18.0. The van der Waals surface area contributed by atoms with Gasteiger partial charge >= 0.3 is 0 Å². The van der Waals surface area contributed by atoms with Crippen LogP contribution in [0, 0.1) is 12.3 Å². The van der Waals surface area contributed by atoms with Crippen LogP contribution in [0.4, 0.5) is 0 Å². The number of amides is 2. The van der Waals surface area contributed by atoms with E-state index in [1.807, 2.05) is 29.0 Å². The van der Waals surface area contributed by atoms with Gasteiger partial charge < -0.3 is 19.5 Å². The number of rotatable bonds is 5. The fourth-order valence-electron chi connectivity index (χ4n) is 4.22. The third-order valence-corrected chi connectivity index (χ3v) is 5.53. The second-order valence-electron chi connectivity index (χ2n) is 7.58. The number of aryl methyl sites for hydroxylation is 1. The highest BCUT2D eigenvalue weighted by Gasteiger charge is 2.42. The van der Waals surface area contributed by atoms with Crippen molar-refractivity contribution < 1.29 is 14.3 Å². The van der Waals surface area contributed by atoms with Gasteiger partial charge in [0.2, 0.25) is 5.91 Å². The number of piperidine rings is 2. The normalized spacial score (nSPS) is 24.2. The van der Waals surface area contributed by atoms with Gasteiger partial charge in [0, 0.05) is 57.9 Å². The van der Waals surface area contributed by atoms with Crippen molar-refractivity contribution in [1.29, 1.82) is 0 Å². The maximum Gasteiger partial charge on any atom is 0.270 e. The molecule has 1 aromatic heterocycles. The summed E-state index contributed by atoms with van der Waals surface area (Å²) in [5.41, 5.74) is 1.79. The van der Waals surface area contributed by atoms with Crippen molar-refractivity contribution in [2.75, 3.05) is 39.9 Å². The van der Waals surface area contributed by atoms with E-state index >= 15 is 0 Å². The molecule has 0 bridgehead atoms. The molecule has 25 heavy (non-hydrogen) atoms. The van der Waals surface area contributed by atoms with Gasteiger partial charge in [0.05, 0.1) is 0 Å². The number of ether oxygens (including phenoxy) is 1. The molecule has 1 N–H and O–H groups in total. The lowest BCUT2D eigenvalue weighted by Crippen LogP contribution is -2.55. The number of likely N-dealkylation sites (tertiary alicyclic amines) is 2. The van der Waals surface area contributed by atoms with Gasteiger partial charge in [-0.3, -0.25) is 9.59 Å². The van der Waals surface area contributed by atoms with Crippen LogP contribution in [0.5, 0.6) is 0 Å². The fraction of sp³-hybridized carbons (Fsp3) is 0.684. The lowest BCUT2D eigenvalue weighted by molar-refractivity contribution is -0.139. The Balaban J connectivity index is 1.66. The molecule has 1 aromatic rings.